The third kappa shape index (κ3) is 5.99. The van der Waals surface area contributed by atoms with Crippen molar-refractivity contribution in [3.05, 3.63) is 54.1 Å². The van der Waals surface area contributed by atoms with Crippen LogP contribution < -0.4 is 9.61 Å². The highest BCUT2D eigenvalue weighted by atomic mass is 31.2. The smallest absolute Gasteiger partial charge is 0.320 e. The number of ether oxygens (including phenoxy) is 1. The van der Waals surface area contributed by atoms with E-state index in [1.54, 1.807) is 19.1 Å². The Labute approximate surface area is 153 Å². The van der Waals surface area contributed by atoms with E-state index in [1.807, 2.05) is 36.4 Å². The van der Waals surface area contributed by atoms with Gasteiger partial charge in [0.2, 0.25) is 0 Å². The van der Waals surface area contributed by atoms with Gasteiger partial charge in [0.15, 0.2) is 0 Å². The quantitative estimate of drug-likeness (QED) is 0.395. The fourth-order valence-electron chi connectivity index (χ4n) is 2.35. The van der Waals surface area contributed by atoms with E-state index in [-0.39, 0.29) is 19.3 Å². The van der Waals surface area contributed by atoms with Gasteiger partial charge in [0.1, 0.15) is 12.3 Å². The maximum absolute atomic E-state index is 13.2. The Bertz CT molecular complexity index is 834. The van der Waals surface area contributed by atoms with Gasteiger partial charge in [-0.3, -0.25) is 9.36 Å². The van der Waals surface area contributed by atoms with E-state index in [2.05, 4.69) is 9.82 Å². The predicted octanol–water partition coefficient (Wildman–Crippen LogP) is 3.50. The molecule has 0 aliphatic heterocycles. The van der Waals surface area contributed by atoms with Gasteiger partial charge in [0.25, 0.3) is 0 Å². The first-order valence-corrected chi connectivity index (χ1v) is 10.1. The summed E-state index contributed by atoms with van der Waals surface area (Å²) in [6.07, 6.45) is 2.44. The molecule has 0 radical (unpaired) electrons. The molecule has 0 spiro atoms. The fraction of sp³-hybridized carbons (Fsp3) is 0.316. The van der Waals surface area contributed by atoms with Crippen LogP contribution in [0.2, 0.25) is 0 Å². The summed E-state index contributed by atoms with van der Waals surface area (Å²) in [6.45, 7) is 1.53. The summed E-state index contributed by atoms with van der Waals surface area (Å²) in [4.78, 5) is 11.4. The number of carbonyl (C=O) groups excluding carboxylic acids is 1. The van der Waals surface area contributed by atoms with Crippen molar-refractivity contribution in [3.63, 3.8) is 0 Å². The first-order chi connectivity index (χ1) is 12.5. The fourth-order valence-corrected chi connectivity index (χ4v) is 3.96. The van der Waals surface area contributed by atoms with E-state index in [0.717, 1.165) is 16.3 Å². The molecule has 0 saturated heterocycles. The Hall–Kier alpha value is -2.14. The Morgan fingerprint density at radius 2 is 1.96 bits per heavy atom. The molecule has 1 atom stereocenters. The molecule has 0 amide bonds. The Kier molecular flexibility index (Phi) is 7.39. The van der Waals surface area contributed by atoms with Crippen LogP contribution in [0.4, 0.5) is 0 Å². The summed E-state index contributed by atoms with van der Waals surface area (Å²) >= 11 is 0. The number of allylic oxidation sites excluding steroid dienone is 1. The molecule has 0 bridgehead atoms. The first kappa shape index (κ1) is 20.2. The summed E-state index contributed by atoms with van der Waals surface area (Å²) in [5, 5.41) is 13.8. The molecule has 2 aromatic rings. The Morgan fingerprint density at radius 1 is 1.23 bits per heavy atom. The number of hydrogen-bond donors (Lipinski definition) is 2. The summed E-state index contributed by atoms with van der Waals surface area (Å²) < 4.78 is 23.5. The highest BCUT2D eigenvalue weighted by Crippen LogP contribution is 2.44. The van der Waals surface area contributed by atoms with Crippen LogP contribution in [0.25, 0.3) is 10.8 Å². The van der Waals surface area contributed by atoms with Crippen molar-refractivity contribution in [2.24, 2.45) is 0 Å². The van der Waals surface area contributed by atoms with Crippen LogP contribution in [0.1, 0.15) is 13.3 Å². The van der Waals surface area contributed by atoms with Crippen molar-refractivity contribution >= 4 is 24.3 Å². The van der Waals surface area contributed by atoms with Crippen molar-refractivity contribution in [1.82, 2.24) is 5.09 Å². The molecule has 26 heavy (non-hydrogen) atoms. The van der Waals surface area contributed by atoms with Crippen molar-refractivity contribution in [1.29, 1.82) is 0 Å². The second-order valence-corrected chi connectivity index (χ2v) is 8.20. The van der Waals surface area contributed by atoms with Crippen LogP contribution in [0, 0.1) is 0 Å². The van der Waals surface area contributed by atoms with Gasteiger partial charge in [-0.25, -0.2) is 5.09 Å². The summed E-state index contributed by atoms with van der Waals surface area (Å²) in [7, 11) is -2.06. The monoisotopic (exact) mass is 377 g/mol. The second-order valence-electron chi connectivity index (χ2n) is 5.91. The lowest BCUT2D eigenvalue weighted by atomic mass is 10.1. The largest absolute Gasteiger partial charge is 0.468 e. The topological polar surface area (TPSA) is 84.9 Å². The van der Waals surface area contributed by atoms with Crippen LogP contribution in [0.5, 0.6) is 5.75 Å². The molecule has 2 rings (SSSR count). The second kappa shape index (κ2) is 9.53. The van der Waals surface area contributed by atoms with E-state index in [0.29, 0.717) is 12.2 Å². The minimum atomic E-state index is -3.33. The van der Waals surface area contributed by atoms with Crippen LogP contribution >= 0.6 is 7.52 Å². The lowest BCUT2D eigenvalue weighted by Crippen LogP contribution is -2.25. The van der Waals surface area contributed by atoms with Crippen molar-refractivity contribution in [3.8, 4) is 5.75 Å². The number of fused-ring (bicyclic) bond motifs is 1. The number of esters is 1. The predicted molar refractivity (Wildman–Crippen MR) is 103 cm³/mol. The van der Waals surface area contributed by atoms with Crippen molar-refractivity contribution < 1.29 is 23.7 Å². The lowest BCUT2D eigenvalue weighted by molar-refractivity contribution is -0.139. The van der Waals surface area contributed by atoms with Gasteiger partial charge in [-0.1, -0.05) is 42.0 Å². The van der Waals surface area contributed by atoms with Gasteiger partial charge < -0.3 is 14.4 Å². The van der Waals surface area contributed by atoms with Gasteiger partial charge >= 0.3 is 13.5 Å². The maximum Gasteiger partial charge on any atom is 0.320 e. The zero-order valence-electron chi connectivity index (χ0n) is 15.0. The normalized spacial score (nSPS) is 14.0. The number of nitrogens with one attached hydrogen (secondary N) is 1. The van der Waals surface area contributed by atoms with E-state index < -0.39 is 13.5 Å². The molecule has 2 N–H and O–H groups in total. The molecular formula is C19H24NO5P. The average molecular weight is 377 g/mol. The molecular weight excluding hydrogens is 353 g/mol. The van der Waals surface area contributed by atoms with Crippen LogP contribution in [-0.2, 0) is 14.1 Å². The molecule has 0 aromatic heterocycles. The molecule has 2 aromatic carbocycles. The Balaban J connectivity index is 2.17. The number of methoxy groups -OCH3 is 1. The van der Waals surface area contributed by atoms with E-state index in [9.17, 15) is 9.36 Å². The van der Waals surface area contributed by atoms with Gasteiger partial charge in [-0.15, -0.1) is 0 Å². The lowest BCUT2D eigenvalue weighted by Gasteiger charge is -2.20. The minimum absolute atomic E-state index is 0.0502. The van der Waals surface area contributed by atoms with Crippen molar-refractivity contribution in [2.75, 3.05) is 26.4 Å². The molecule has 0 fully saturated rings. The molecule has 0 heterocycles. The number of aliphatic hydroxyl groups is 1. The number of rotatable bonds is 9. The third-order valence-corrected chi connectivity index (χ3v) is 5.82. The standard InChI is InChI=1S/C19H24NO5P/c1-15(14-21)6-5-11-26(23,20-13-19(22)24-2)25-18-10-9-16-7-3-4-8-17(16)12-18/h3-4,6-10,12,21H,5,11,13-14H2,1-2H3,(H,20,23)/b15-6+. The number of hydrogen-bond acceptors (Lipinski definition) is 5. The summed E-state index contributed by atoms with van der Waals surface area (Å²) in [5.41, 5.74) is 0.787. The molecule has 0 aliphatic carbocycles. The number of carbonyl (C=O) groups is 1. The van der Waals surface area contributed by atoms with Crippen LogP contribution in [-0.4, -0.2) is 37.5 Å². The highest BCUT2D eigenvalue weighted by molar-refractivity contribution is 7.57. The van der Waals surface area contributed by atoms with E-state index in [4.69, 9.17) is 9.63 Å². The molecule has 7 heteroatoms. The van der Waals surface area contributed by atoms with Gasteiger partial charge in [0, 0.05) is 0 Å². The Morgan fingerprint density at radius 3 is 2.65 bits per heavy atom. The van der Waals surface area contributed by atoms with E-state index >= 15 is 0 Å². The zero-order chi connectivity index (χ0) is 19.0. The van der Waals surface area contributed by atoms with Gasteiger partial charge in [0.05, 0.1) is 19.9 Å². The molecule has 0 saturated carbocycles. The molecule has 140 valence electrons. The minimum Gasteiger partial charge on any atom is -0.468 e. The van der Waals surface area contributed by atoms with Crippen molar-refractivity contribution in [2.45, 2.75) is 13.3 Å². The maximum atomic E-state index is 13.2. The van der Waals surface area contributed by atoms with Crippen LogP contribution in [0.15, 0.2) is 54.1 Å². The summed E-state index contributed by atoms with van der Waals surface area (Å²) in [6, 6.07) is 13.3. The SMILES string of the molecule is COC(=O)CNP(=O)(CC/C=C(\C)CO)Oc1ccc2ccccc2c1. The van der Waals surface area contributed by atoms with Crippen LogP contribution in [0.3, 0.4) is 0 Å². The molecule has 6 nitrogen and oxygen atoms in total. The number of aliphatic hydroxyl groups excluding tert-OH is 1. The zero-order valence-corrected chi connectivity index (χ0v) is 15.9. The molecule has 0 aliphatic rings. The molecule has 1 unspecified atom stereocenters. The van der Waals surface area contributed by atoms with Gasteiger partial charge in [-0.2, -0.15) is 0 Å². The average Bonchev–Trinajstić information content (AvgIpc) is 2.65. The summed E-state index contributed by atoms with van der Waals surface area (Å²) in [5.74, 6) is -0.0540. The third-order valence-electron chi connectivity index (χ3n) is 3.83. The van der Waals surface area contributed by atoms with E-state index in [1.165, 1.54) is 7.11 Å². The van der Waals surface area contributed by atoms with Gasteiger partial charge in [-0.05, 0) is 36.2 Å². The number of benzene rings is 2. The highest BCUT2D eigenvalue weighted by Gasteiger charge is 2.25. The first-order valence-electron chi connectivity index (χ1n) is 8.31.